The molecule has 0 aliphatic heterocycles. The lowest BCUT2D eigenvalue weighted by Gasteiger charge is -2.11. The smallest absolute Gasteiger partial charge is 0.156 e. The van der Waals surface area contributed by atoms with E-state index in [-0.39, 0.29) is 0 Å². The van der Waals surface area contributed by atoms with Crippen LogP contribution in [0.25, 0.3) is 11.3 Å². The fourth-order valence-electron chi connectivity index (χ4n) is 1.80. The molecule has 0 atom stereocenters. The Hall–Kier alpha value is -2.01. The molecule has 2 aromatic rings. The lowest BCUT2D eigenvalue weighted by molar-refractivity contribution is 0.405. The lowest BCUT2D eigenvalue weighted by atomic mass is 10.1. The van der Waals surface area contributed by atoms with Gasteiger partial charge in [0.25, 0.3) is 0 Å². The van der Waals surface area contributed by atoms with Crippen molar-refractivity contribution in [2.24, 2.45) is 0 Å². The quantitative estimate of drug-likeness (QED) is 0.801. The van der Waals surface area contributed by atoms with E-state index < -0.39 is 0 Å². The van der Waals surface area contributed by atoms with E-state index in [0.717, 1.165) is 36.6 Å². The number of rotatable bonds is 6. The van der Waals surface area contributed by atoms with E-state index in [4.69, 9.17) is 0 Å². The van der Waals surface area contributed by atoms with Gasteiger partial charge in [0.15, 0.2) is 5.82 Å². The van der Waals surface area contributed by atoms with Crippen molar-refractivity contribution in [1.29, 1.82) is 0 Å². The second-order valence-corrected chi connectivity index (χ2v) is 4.61. The van der Waals surface area contributed by atoms with Gasteiger partial charge in [-0.25, -0.2) is 4.98 Å². The number of nitrogens with zero attached hydrogens (tertiary/aromatic N) is 4. The Balaban J connectivity index is 2.05. The summed E-state index contributed by atoms with van der Waals surface area (Å²) in [7, 11) is 4.14. The van der Waals surface area contributed by atoms with Crippen LogP contribution in [0, 0.1) is 0 Å². The molecule has 19 heavy (non-hydrogen) atoms. The Morgan fingerprint density at radius 2 is 1.95 bits per heavy atom. The summed E-state index contributed by atoms with van der Waals surface area (Å²) in [6, 6.07) is 9.98. The topological polar surface area (TPSA) is 53.9 Å². The molecule has 5 heteroatoms. The Morgan fingerprint density at radius 3 is 2.68 bits per heavy atom. The molecule has 0 aliphatic carbocycles. The summed E-state index contributed by atoms with van der Waals surface area (Å²) in [5, 5.41) is 11.4. The van der Waals surface area contributed by atoms with Crippen LogP contribution in [0.4, 0.5) is 5.82 Å². The average Bonchev–Trinajstić information content (AvgIpc) is 2.45. The molecular formula is C14H19N5. The van der Waals surface area contributed by atoms with E-state index in [1.807, 2.05) is 30.3 Å². The van der Waals surface area contributed by atoms with Gasteiger partial charge >= 0.3 is 0 Å². The molecule has 0 spiro atoms. The number of nitrogens with one attached hydrogen (secondary N) is 1. The maximum absolute atomic E-state index is 4.27. The Morgan fingerprint density at radius 1 is 1.16 bits per heavy atom. The van der Waals surface area contributed by atoms with Gasteiger partial charge in [0, 0.05) is 12.1 Å². The first-order valence-electron chi connectivity index (χ1n) is 6.39. The highest BCUT2D eigenvalue weighted by Crippen LogP contribution is 2.21. The van der Waals surface area contributed by atoms with Crippen LogP contribution in [0.3, 0.4) is 0 Å². The number of hydrogen-bond donors (Lipinski definition) is 1. The normalized spacial score (nSPS) is 10.7. The van der Waals surface area contributed by atoms with Gasteiger partial charge in [-0.1, -0.05) is 30.3 Å². The summed E-state index contributed by atoms with van der Waals surface area (Å²) >= 11 is 0. The number of aromatic nitrogens is 3. The first kappa shape index (κ1) is 13.4. The lowest BCUT2D eigenvalue weighted by Crippen LogP contribution is -2.17. The van der Waals surface area contributed by atoms with E-state index in [9.17, 15) is 0 Å². The molecular weight excluding hydrogens is 238 g/mol. The minimum atomic E-state index is 0.792. The van der Waals surface area contributed by atoms with Crippen LogP contribution < -0.4 is 5.32 Å². The summed E-state index contributed by atoms with van der Waals surface area (Å²) in [6.45, 7) is 1.92. The molecule has 0 aliphatic rings. The van der Waals surface area contributed by atoms with Gasteiger partial charge in [0.1, 0.15) is 12.0 Å². The van der Waals surface area contributed by atoms with Gasteiger partial charge < -0.3 is 10.2 Å². The molecule has 0 amide bonds. The zero-order valence-electron chi connectivity index (χ0n) is 11.4. The third-order valence-electron chi connectivity index (χ3n) is 2.74. The van der Waals surface area contributed by atoms with Gasteiger partial charge in [-0.2, -0.15) is 0 Å². The molecule has 5 nitrogen and oxygen atoms in total. The Bertz CT molecular complexity index is 498. The zero-order chi connectivity index (χ0) is 13.5. The van der Waals surface area contributed by atoms with Crippen molar-refractivity contribution in [3.05, 3.63) is 36.7 Å². The Labute approximate surface area is 113 Å². The monoisotopic (exact) mass is 257 g/mol. The van der Waals surface area contributed by atoms with Crippen LogP contribution in [0.15, 0.2) is 36.7 Å². The van der Waals surface area contributed by atoms with Crippen molar-refractivity contribution < 1.29 is 0 Å². The van der Waals surface area contributed by atoms with Crippen molar-refractivity contribution in [3.8, 4) is 11.3 Å². The molecule has 0 bridgehead atoms. The largest absolute Gasteiger partial charge is 0.368 e. The first-order chi connectivity index (χ1) is 9.27. The SMILES string of the molecule is CN(C)CCCNc1ncnnc1-c1ccccc1. The van der Waals surface area contributed by atoms with Crippen molar-refractivity contribution in [2.75, 3.05) is 32.5 Å². The van der Waals surface area contributed by atoms with Gasteiger partial charge in [-0.3, -0.25) is 0 Å². The maximum Gasteiger partial charge on any atom is 0.156 e. The minimum absolute atomic E-state index is 0.792. The van der Waals surface area contributed by atoms with Gasteiger partial charge in [0.2, 0.25) is 0 Å². The van der Waals surface area contributed by atoms with Crippen LogP contribution in [0.2, 0.25) is 0 Å². The van der Waals surface area contributed by atoms with Crippen LogP contribution >= 0.6 is 0 Å². The number of hydrogen-bond acceptors (Lipinski definition) is 5. The minimum Gasteiger partial charge on any atom is -0.368 e. The summed E-state index contributed by atoms with van der Waals surface area (Å²) in [5.41, 5.74) is 1.83. The van der Waals surface area contributed by atoms with Crippen molar-refractivity contribution in [3.63, 3.8) is 0 Å². The number of benzene rings is 1. The molecule has 100 valence electrons. The maximum atomic E-state index is 4.27. The summed E-state index contributed by atoms with van der Waals surface area (Å²) < 4.78 is 0. The fourth-order valence-corrected chi connectivity index (χ4v) is 1.80. The van der Waals surface area contributed by atoms with E-state index in [1.54, 1.807) is 0 Å². The summed E-state index contributed by atoms with van der Waals surface area (Å²) in [4.78, 5) is 6.44. The van der Waals surface area contributed by atoms with Gasteiger partial charge in [-0.15, -0.1) is 10.2 Å². The van der Waals surface area contributed by atoms with Crippen molar-refractivity contribution in [1.82, 2.24) is 20.1 Å². The second-order valence-electron chi connectivity index (χ2n) is 4.61. The van der Waals surface area contributed by atoms with Crippen LogP contribution in [-0.2, 0) is 0 Å². The molecule has 0 radical (unpaired) electrons. The molecule has 2 rings (SSSR count). The highest BCUT2D eigenvalue weighted by molar-refractivity contribution is 5.70. The fraction of sp³-hybridized carbons (Fsp3) is 0.357. The molecule has 1 aromatic heterocycles. The Kier molecular flexibility index (Phi) is 4.80. The molecule has 0 saturated carbocycles. The van der Waals surface area contributed by atoms with Crippen LogP contribution in [-0.4, -0.2) is 47.3 Å². The summed E-state index contributed by atoms with van der Waals surface area (Å²) in [5.74, 6) is 0.792. The van der Waals surface area contributed by atoms with E-state index in [0.29, 0.717) is 0 Å². The van der Waals surface area contributed by atoms with E-state index in [2.05, 4.69) is 39.5 Å². The standard InChI is InChI=1S/C14H19N5/c1-19(2)10-6-9-15-14-13(18-17-11-16-14)12-7-4-3-5-8-12/h3-5,7-8,11H,6,9-10H2,1-2H3,(H,15,16,17). The van der Waals surface area contributed by atoms with Crippen molar-refractivity contribution in [2.45, 2.75) is 6.42 Å². The molecule has 0 saturated heterocycles. The molecule has 0 unspecified atom stereocenters. The van der Waals surface area contributed by atoms with E-state index >= 15 is 0 Å². The third kappa shape index (κ3) is 3.99. The highest BCUT2D eigenvalue weighted by Gasteiger charge is 2.07. The molecule has 1 heterocycles. The predicted molar refractivity (Wildman–Crippen MR) is 76.9 cm³/mol. The highest BCUT2D eigenvalue weighted by atomic mass is 15.2. The van der Waals surface area contributed by atoms with Crippen LogP contribution in [0.5, 0.6) is 0 Å². The zero-order valence-corrected chi connectivity index (χ0v) is 11.4. The van der Waals surface area contributed by atoms with Crippen molar-refractivity contribution >= 4 is 5.82 Å². The second kappa shape index (κ2) is 6.80. The molecule has 1 N–H and O–H groups in total. The third-order valence-corrected chi connectivity index (χ3v) is 2.74. The van der Waals surface area contributed by atoms with Gasteiger partial charge in [-0.05, 0) is 27.1 Å². The first-order valence-corrected chi connectivity index (χ1v) is 6.39. The van der Waals surface area contributed by atoms with Gasteiger partial charge in [0.05, 0.1) is 0 Å². The van der Waals surface area contributed by atoms with E-state index in [1.165, 1.54) is 6.33 Å². The molecule has 0 fully saturated rings. The van der Waals surface area contributed by atoms with Crippen LogP contribution in [0.1, 0.15) is 6.42 Å². The summed E-state index contributed by atoms with van der Waals surface area (Å²) in [6.07, 6.45) is 2.53. The number of anilines is 1. The molecule has 1 aromatic carbocycles. The average molecular weight is 257 g/mol. The predicted octanol–water partition coefficient (Wildman–Crippen LogP) is 1.90.